The van der Waals surface area contributed by atoms with Crippen molar-refractivity contribution in [3.8, 4) is 11.5 Å². The molecule has 18 heteroatoms. The molecule has 4 amide bonds. The maximum Gasteiger partial charge on any atom is 0.314 e. The third-order valence-electron chi connectivity index (χ3n) is 8.03. The van der Waals surface area contributed by atoms with E-state index in [0.29, 0.717) is 0 Å². The second kappa shape index (κ2) is 14.3. The van der Waals surface area contributed by atoms with Crippen molar-refractivity contribution in [3.63, 3.8) is 0 Å². The van der Waals surface area contributed by atoms with Gasteiger partial charge in [-0.15, -0.1) is 0 Å². The number of aromatic hydroxyl groups is 2. The maximum absolute atomic E-state index is 13.0. The number of benzene rings is 6. The molecule has 6 rings (SSSR count). The van der Waals surface area contributed by atoms with Gasteiger partial charge in [-0.2, -0.15) is 16.8 Å². The molecule has 0 bridgehead atoms. The molecule has 0 saturated carbocycles. The number of carbonyl (C=O) groups excluding carboxylic acids is 4. The van der Waals surface area contributed by atoms with Crippen LogP contribution in [0.1, 0.15) is 20.7 Å². The molecule has 16 nitrogen and oxygen atoms in total. The molecule has 0 aliphatic heterocycles. The molecule has 54 heavy (non-hydrogen) atoms. The number of anilines is 4. The van der Waals surface area contributed by atoms with Gasteiger partial charge in [0.15, 0.2) is 0 Å². The minimum absolute atomic E-state index is 0.0185. The van der Waals surface area contributed by atoms with Crippen LogP contribution in [0.4, 0.5) is 22.7 Å². The Morgan fingerprint density at radius 2 is 0.796 bits per heavy atom. The number of amides is 4. The average molecular weight is 771 g/mol. The van der Waals surface area contributed by atoms with Crippen molar-refractivity contribution >= 4 is 88.2 Å². The quantitative estimate of drug-likeness (QED) is 0.0753. The van der Waals surface area contributed by atoms with Crippen molar-refractivity contribution < 1.29 is 55.3 Å². The standard InChI is InChI=1S/C36H26N4O12S2/c41-27-5-1-3-23-29(53(47,48)49)17-15-25(31(23)27)39-33(43)19-7-11-21(12-8-19)37-35(45)36(46)38-22-13-9-20(10-14-22)34(44)40-26-16-18-30(54(50,51)52)24-4-2-6-28(42)32(24)26/h1-18,41-42H,(H,37,45)(H,38,46)(H,39,43)(H,40,44)(H,47,48,49)(H,50,51,52). The van der Waals surface area contributed by atoms with Crippen LogP contribution in [0.5, 0.6) is 11.5 Å². The molecule has 0 aromatic heterocycles. The van der Waals surface area contributed by atoms with Gasteiger partial charge < -0.3 is 31.5 Å². The summed E-state index contributed by atoms with van der Waals surface area (Å²) in [5.74, 6) is -4.12. The van der Waals surface area contributed by atoms with Gasteiger partial charge in [0.25, 0.3) is 32.1 Å². The summed E-state index contributed by atoms with van der Waals surface area (Å²) in [4.78, 5) is 50.3. The lowest BCUT2D eigenvalue weighted by Crippen LogP contribution is -2.29. The number of hydrogen-bond donors (Lipinski definition) is 8. The second-order valence-corrected chi connectivity index (χ2v) is 14.3. The monoisotopic (exact) mass is 770 g/mol. The normalized spacial score (nSPS) is 11.5. The summed E-state index contributed by atoms with van der Waals surface area (Å²) >= 11 is 0. The highest BCUT2D eigenvalue weighted by atomic mass is 32.2. The van der Waals surface area contributed by atoms with E-state index in [-0.39, 0.29) is 66.9 Å². The summed E-state index contributed by atoms with van der Waals surface area (Å²) in [6.45, 7) is 0. The van der Waals surface area contributed by atoms with E-state index < -0.39 is 53.7 Å². The molecular formula is C36H26N4O12S2. The Kier molecular flexibility index (Phi) is 9.76. The molecule has 0 radical (unpaired) electrons. The van der Waals surface area contributed by atoms with Gasteiger partial charge in [0.2, 0.25) is 0 Å². The largest absolute Gasteiger partial charge is 0.507 e. The molecule has 6 aromatic carbocycles. The van der Waals surface area contributed by atoms with E-state index in [1.54, 1.807) is 0 Å². The fourth-order valence-electron chi connectivity index (χ4n) is 5.55. The fourth-order valence-corrected chi connectivity index (χ4v) is 6.93. The zero-order valence-electron chi connectivity index (χ0n) is 27.3. The molecule has 8 N–H and O–H groups in total. The third kappa shape index (κ3) is 7.66. The van der Waals surface area contributed by atoms with Crippen molar-refractivity contribution in [1.29, 1.82) is 0 Å². The van der Waals surface area contributed by atoms with E-state index in [1.807, 2.05) is 0 Å². The van der Waals surface area contributed by atoms with Crippen LogP contribution in [0.3, 0.4) is 0 Å². The molecule has 0 atom stereocenters. The molecule has 0 aliphatic rings. The summed E-state index contributed by atoms with van der Waals surface area (Å²) in [6, 6.07) is 23.4. The Hall–Kier alpha value is -6.86. The van der Waals surface area contributed by atoms with Crippen LogP contribution >= 0.6 is 0 Å². The molecule has 0 unspecified atom stereocenters. The summed E-state index contributed by atoms with van der Waals surface area (Å²) in [5.41, 5.74) is 0.633. The lowest BCUT2D eigenvalue weighted by molar-refractivity contribution is -0.132. The number of phenolic OH excluding ortho intramolecular Hbond substituents is 2. The van der Waals surface area contributed by atoms with E-state index in [1.165, 1.54) is 97.1 Å². The Morgan fingerprint density at radius 3 is 1.13 bits per heavy atom. The van der Waals surface area contributed by atoms with Crippen LogP contribution in [0.25, 0.3) is 21.5 Å². The topological polar surface area (TPSA) is 266 Å². The highest BCUT2D eigenvalue weighted by Crippen LogP contribution is 2.37. The number of hydrogen-bond acceptors (Lipinski definition) is 10. The first-order valence-corrected chi connectivity index (χ1v) is 18.3. The van der Waals surface area contributed by atoms with Gasteiger partial charge >= 0.3 is 11.8 Å². The van der Waals surface area contributed by atoms with Crippen LogP contribution < -0.4 is 21.3 Å². The Labute approximate surface area is 305 Å². The van der Waals surface area contributed by atoms with E-state index >= 15 is 0 Å². The summed E-state index contributed by atoms with van der Waals surface area (Å²) in [7, 11) is -9.27. The Morgan fingerprint density at radius 1 is 0.444 bits per heavy atom. The van der Waals surface area contributed by atoms with Crippen LogP contribution in [0, 0.1) is 0 Å². The van der Waals surface area contributed by atoms with Crippen molar-refractivity contribution in [2.24, 2.45) is 0 Å². The Bertz CT molecular complexity index is 2560. The summed E-state index contributed by atoms with van der Waals surface area (Å²) < 4.78 is 66.3. The number of carbonyl (C=O) groups is 4. The number of fused-ring (bicyclic) bond motifs is 2. The number of rotatable bonds is 8. The van der Waals surface area contributed by atoms with E-state index in [9.17, 15) is 55.3 Å². The zero-order chi connectivity index (χ0) is 38.9. The predicted molar refractivity (Wildman–Crippen MR) is 197 cm³/mol. The van der Waals surface area contributed by atoms with Crippen molar-refractivity contribution in [3.05, 3.63) is 120 Å². The highest BCUT2D eigenvalue weighted by molar-refractivity contribution is 7.86. The maximum atomic E-state index is 13.0. The van der Waals surface area contributed by atoms with Crippen LogP contribution in [-0.2, 0) is 29.8 Å². The molecule has 6 aromatic rings. The van der Waals surface area contributed by atoms with Gasteiger partial charge in [0, 0.05) is 44.0 Å². The molecule has 274 valence electrons. The molecule has 0 saturated heterocycles. The first kappa shape index (κ1) is 36.9. The van der Waals surface area contributed by atoms with Gasteiger partial charge in [-0.3, -0.25) is 28.3 Å². The highest BCUT2D eigenvalue weighted by Gasteiger charge is 2.21. The van der Waals surface area contributed by atoms with Gasteiger partial charge in [0.1, 0.15) is 21.3 Å². The van der Waals surface area contributed by atoms with Crippen LogP contribution in [-0.4, -0.2) is 59.8 Å². The fraction of sp³-hybridized carbons (Fsp3) is 0. The summed E-state index contributed by atoms with van der Waals surface area (Å²) in [6.07, 6.45) is 0. The third-order valence-corrected chi connectivity index (χ3v) is 9.85. The predicted octanol–water partition coefficient (Wildman–Crippen LogP) is 4.98. The molecule has 0 spiro atoms. The Balaban J connectivity index is 1.07. The summed E-state index contributed by atoms with van der Waals surface area (Å²) in [5, 5.41) is 30.6. The molecular weight excluding hydrogens is 745 g/mol. The average Bonchev–Trinajstić information content (AvgIpc) is 3.11. The van der Waals surface area contributed by atoms with Gasteiger partial charge in [-0.25, -0.2) is 0 Å². The van der Waals surface area contributed by atoms with E-state index in [2.05, 4.69) is 21.3 Å². The lowest BCUT2D eigenvalue weighted by Gasteiger charge is -2.13. The first-order chi connectivity index (χ1) is 25.5. The van der Waals surface area contributed by atoms with Crippen molar-refractivity contribution in [2.75, 3.05) is 21.3 Å². The van der Waals surface area contributed by atoms with E-state index in [4.69, 9.17) is 0 Å². The molecule has 0 aliphatic carbocycles. The van der Waals surface area contributed by atoms with Gasteiger partial charge in [0.05, 0.1) is 11.4 Å². The van der Waals surface area contributed by atoms with Crippen molar-refractivity contribution in [2.45, 2.75) is 9.79 Å². The molecule has 0 fully saturated rings. The van der Waals surface area contributed by atoms with Crippen molar-refractivity contribution in [1.82, 2.24) is 0 Å². The smallest absolute Gasteiger partial charge is 0.314 e. The number of phenols is 2. The lowest BCUT2D eigenvalue weighted by atomic mass is 10.1. The number of nitrogens with one attached hydrogen (secondary N) is 4. The second-order valence-electron chi connectivity index (χ2n) is 11.5. The molecule has 0 heterocycles. The van der Waals surface area contributed by atoms with Crippen LogP contribution in [0.2, 0.25) is 0 Å². The minimum atomic E-state index is -4.64. The minimum Gasteiger partial charge on any atom is -0.507 e. The van der Waals surface area contributed by atoms with E-state index in [0.717, 1.165) is 12.1 Å². The zero-order valence-corrected chi connectivity index (χ0v) is 28.9. The van der Waals surface area contributed by atoms with Gasteiger partial charge in [-0.05, 0) is 84.9 Å². The van der Waals surface area contributed by atoms with Gasteiger partial charge in [-0.1, -0.05) is 24.3 Å². The van der Waals surface area contributed by atoms with Crippen LogP contribution in [0.15, 0.2) is 119 Å². The SMILES string of the molecule is O=C(Nc1ccc(C(=O)Nc2ccc(S(=O)(=O)O)c3cccc(O)c23)cc1)C(=O)Nc1ccc(C(=O)Nc2ccc(S(=O)(=O)O)c3cccc(O)c23)cc1. The first-order valence-electron chi connectivity index (χ1n) is 15.4.